The summed E-state index contributed by atoms with van der Waals surface area (Å²) < 4.78 is 53.7. The van der Waals surface area contributed by atoms with E-state index in [1.165, 1.54) is 0 Å². The third kappa shape index (κ3) is 4.86. The molecule has 0 saturated carbocycles. The van der Waals surface area contributed by atoms with E-state index in [0.29, 0.717) is 12.8 Å². The maximum atomic E-state index is 10.6. The Morgan fingerprint density at radius 3 is 2.00 bits per heavy atom. The molecule has 0 rings (SSSR count). The van der Waals surface area contributed by atoms with Gasteiger partial charge in [-0.3, -0.25) is 8.74 Å². The van der Waals surface area contributed by atoms with E-state index in [1.54, 1.807) is 0 Å². The summed E-state index contributed by atoms with van der Waals surface area (Å²) in [6.07, 6.45) is 1.28. The highest BCUT2D eigenvalue weighted by Gasteiger charge is 2.27. The van der Waals surface area contributed by atoms with E-state index in [9.17, 15) is 16.8 Å². The minimum absolute atomic E-state index is 0.0228. The molecule has 7 nitrogen and oxygen atoms in total. The Morgan fingerprint density at radius 1 is 1.00 bits per heavy atom. The van der Waals surface area contributed by atoms with Gasteiger partial charge in [-0.1, -0.05) is 0 Å². The summed E-state index contributed by atoms with van der Waals surface area (Å²) in [5.74, 6) is 0. The average Bonchev–Trinajstić information content (AvgIpc) is 2.02. The van der Waals surface area contributed by atoms with Gasteiger partial charge in [0, 0.05) is 6.61 Å². The van der Waals surface area contributed by atoms with Crippen LogP contribution in [0.2, 0.25) is 0 Å². The van der Waals surface area contributed by atoms with E-state index in [0.717, 1.165) is 0 Å². The van der Waals surface area contributed by atoms with Gasteiger partial charge >= 0.3 is 18.3 Å². The van der Waals surface area contributed by atoms with Crippen molar-refractivity contribution >= 4 is 18.3 Å². The monoisotopic (exact) mass is 248 g/mol. The summed E-state index contributed by atoms with van der Waals surface area (Å²) in [6.45, 7) is -0.354. The lowest BCUT2D eigenvalue weighted by Gasteiger charge is -2.01. The number of aliphatic hydroxyl groups excluding tert-OH is 1. The molecule has 0 aromatic rings. The van der Waals surface area contributed by atoms with Crippen molar-refractivity contribution in [2.45, 2.75) is 19.3 Å². The van der Waals surface area contributed by atoms with E-state index < -0.39 is 18.3 Å². The summed E-state index contributed by atoms with van der Waals surface area (Å²) in [6, 6.07) is 0. The number of unbranched alkanes of at least 4 members (excludes halogenated alkanes) is 2. The highest BCUT2D eigenvalue weighted by Crippen LogP contribution is 2.04. The molecule has 0 heterocycles. The first-order valence-electron chi connectivity index (χ1n) is 3.79. The largest absolute Gasteiger partial charge is 0.399 e. The van der Waals surface area contributed by atoms with Crippen molar-refractivity contribution in [1.29, 1.82) is 0 Å². The molecule has 0 unspecified atom stereocenters. The normalized spacial score (nSPS) is 13.0. The second kappa shape index (κ2) is 5.61. The van der Waals surface area contributed by atoms with Gasteiger partial charge in [-0.15, -0.1) is 0 Å². The Bertz CT molecular complexity index is 340. The molecule has 0 fully saturated rings. The summed E-state index contributed by atoms with van der Waals surface area (Å²) in [7, 11) is -10.1. The predicted octanol–water partition coefficient (Wildman–Crippen LogP) is -0.702. The van der Waals surface area contributed by atoms with Crippen LogP contribution in [0.1, 0.15) is 19.3 Å². The molecule has 14 heavy (non-hydrogen) atoms. The minimum Gasteiger partial charge on any atom is -0.396 e. The van der Waals surface area contributed by atoms with Crippen LogP contribution in [0.4, 0.5) is 0 Å². The molecule has 0 amide bonds. The Labute approximate surface area is 82.0 Å². The maximum Gasteiger partial charge on any atom is 0.399 e. The molecule has 0 aromatic carbocycles. The molecule has 0 bridgehead atoms. The van der Waals surface area contributed by atoms with Crippen molar-refractivity contribution in [3.63, 3.8) is 0 Å². The van der Waals surface area contributed by atoms with Gasteiger partial charge in [-0.05, 0) is 19.3 Å². The van der Waals surface area contributed by atoms with E-state index in [4.69, 9.17) is 9.66 Å². The van der Waals surface area contributed by atoms with Gasteiger partial charge in [0.2, 0.25) is 0 Å². The van der Waals surface area contributed by atoms with E-state index >= 15 is 0 Å². The number of hydrogen-bond donors (Lipinski definition) is 2. The summed E-state index contributed by atoms with van der Waals surface area (Å²) in [5.41, 5.74) is 0. The summed E-state index contributed by atoms with van der Waals surface area (Å²) >= 11 is 0. The standard InChI is InChI=1S/C5H12O7S2/c6-4-2-1-3-5-12-14(10,11)13(7,8)9/h6H,1-5H2,(H,7,8,9). The second-order valence-electron chi connectivity index (χ2n) is 2.44. The van der Waals surface area contributed by atoms with Crippen LogP contribution in [0.25, 0.3) is 0 Å². The minimum atomic E-state index is -5.19. The molecular weight excluding hydrogens is 236 g/mol. The van der Waals surface area contributed by atoms with Crippen LogP contribution >= 0.6 is 0 Å². The van der Waals surface area contributed by atoms with Gasteiger partial charge < -0.3 is 5.11 Å². The van der Waals surface area contributed by atoms with Crippen LogP contribution in [0, 0.1) is 0 Å². The Hall–Kier alpha value is -0.220. The zero-order valence-corrected chi connectivity index (χ0v) is 8.92. The quantitative estimate of drug-likeness (QED) is 0.347. The fourth-order valence-corrected chi connectivity index (χ4v) is 1.62. The molecule has 0 saturated heterocycles. The third-order valence-corrected chi connectivity index (χ3v) is 4.10. The van der Waals surface area contributed by atoms with E-state index in [2.05, 4.69) is 4.18 Å². The number of rotatable bonds is 7. The van der Waals surface area contributed by atoms with Gasteiger partial charge in [-0.25, -0.2) is 0 Å². The molecular formula is C5H12O7S2. The van der Waals surface area contributed by atoms with Crippen LogP contribution in [0.3, 0.4) is 0 Å². The van der Waals surface area contributed by atoms with Gasteiger partial charge in [0.25, 0.3) is 0 Å². The smallest absolute Gasteiger partial charge is 0.396 e. The lowest BCUT2D eigenvalue weighted by Crippen LogP contribution is -2.17. The number of aliphatic hydroxyl groups is 1. The summed E-state index contributed by atoms with van der Waals surface area (Å²) in [4.78, 5) is 0. The Morgan fingerprint density at radius 2 is 1.57 bits per heavy atom. The van der Waals surface area contributed by atoms with Gasteiger partial charge in [0.05, 0.1) is 6.61 Å². The van der Waals surface area contributed by atoms with Crippen LogP contribution in [0.15, 0.2) is 0 Å². The topological polar surface area (TPSA) is 118 Å². The van der Waals surface area contributed by atoms with Crippen LogP contribution < -0.4 is 0 Å². The highest BCUT2D eigenvalue weighted by atomic mass is 33.2. The van der Waals surface area contributed by atoms with Gasteiger partial charge in [0.15, 0.2) is 0 Å². The van der Waals surface area contributed by atoms with E-state index in [-0.39, 0.29) is 19.6 Å². The van der Waals surface area contributed by atoms with Gasteiger partial charge in [0.1, 0.15) is 0 Å². The maximum absolute atomic E-state index is 10.6. The molecule has 9 heteroatoms. The fraction of sp³-hybridized carbons (Fsp3) is 1.00. The first-order chi connectivity index (χ1) is 6.31. The lowest BCUT2D eigenvalue weighted by atomic mass is 10.2. The predicted molar refractivity (Wildman–Crippen MR) is 47.4 cm³/mol. The van der Waals surface area contributed by atoms with Crippen molar-refractivity contribution < 1.29 is 30.7 Å². The van der Waals surface area contributed by atoms with Crippen molar-refractivity contribution in [3.05, 3.63) is 0 Å². The fourth-order valence-electron chi connectivity index (χ4n) is 0.612. The summed E-state index contributed by atoms with van der Waals surface area (Å²) in [5, 5.41) is 8.36. The Balaban J connectivity index is 3.92. The van der Waals surface area contributed by atoms with Crippen molar-refractivity contribution in [3.8, 4) is 0 Å². The molecule has 0 aromatic heterocycles. The molecule has 0 aliphatic carbocycles. The SMILES string of the molecule is O=S(=O)(O)S(=O)(=O)OCCCCCO. The second-order valence-corrected chi connectivity index (χ2v) is 6.84. The molecule has 0 atom stereocenters. The van der Waals surface area contributed by atoms with Crippen LogP contribution in [-0.4, -0.2) is 39.7 Å². The highest BCUT2D eigenvalue weighted by molar-refractivity contribution is 8.63. The zero-order valence-electron chi connectivity index (χ0n) is 7.29. The van der Waals surface area contributed by atoms with E-state index in [1.807, 2.05) is 0 Å². The lowest BCUT2D eigenvalue weighted by molar-refractivity contribution is 0.269. The molecule has 0 spiro atoms. The first-order valence-corrected chi connectivity index (χ1v) is 7.15. The third-order valence-electron chi connectivity index (χ3n) is 1.29. The Kier molecular flexibility index (Phi) is 5.52. The molecule has 86 valence electrons. The molecule has 0 radical (unpaired) electrons. The van der Waals surface area contributed by atoms with Gasteiger partial charge in [-0.2, -0.15) is 16.8 Å². The van der Waals surface area contributed by atoms with Crippen molar-refractivity contribution in [2.75, 3.05) is 13.2 Å². The van der Waals surface area contributed by atoms with Crippen molar-refractivity contribution in [2.24, 2.45) is 0 Å². The van der Waals surface area contributed by atoms with Crippen LogP contribution in [-0.2, 0) is 22.5 Å². The van der Waals surface area contributed by atoms with Crippen molar-refractivity contribution in [1.82, 2.24) is 0 Å². The molecule has 2 N–H and O–H groups in total. The first kappa shape index (κ1) is 13.8. The number of hydrogen-bond acceptors (Lipinski definition) is 6. The van der Waals surface area contributed by atoms with Crippen LogP contribution in [0.5, 0.6) is 0 Å². The average molecular weight is 248 g/mol. The zero-order chi connectivity index (χ0) is 11.2. The molecule has 0 aliphatic heterocycles. The molecule has 0 aliphatic rings.